The summed E-state index contributed by atoms with van der Waals surface area (Å²) in [5, 5.41) is 4.30. The molecule has 0 spiro atoms. The minimum atomic E-state index is -0.0674. The Morgan fingerprint density at radius 3 is 3.00 bits per heavy atom. The number of benzene rings is 1. The third-order valence-corrected chi connectivity index (χ3v) is 3.27. The number of oxazole rings is 1. The van der Waals surface area contributed by atoms with E-state index in [4.69, 9.17) is 16.0 Å². The van der Waals surface area contributed by atoms with Gasteiger partial charge in [-0.2, -0.15) is 0 Å². The Morgan fingerprint density at radius 1 is 1.45 bits per heavy atom. The average molecular weight is 290 g/mol. The van der Waals surface area contributed by atoms with E-state index in [-0.39, 0.29) is 5.91 Å². The highest BCUT2D eigenvalue weighted by molar-refractivity contribution is 6.34. The predicted octanol–water partition coefficient (Wildman–Crippen LogP) is 3.11. The van der Waals surface area contributed by atoms with Gasteiger partial charge in [0.05, 0.1) is 23.3 Å². The summed E-state index contributed by atoms with van der Waals surface area (Å²) in [6, 6.07) is 5.70. The summed E-state index contributed by atoms with van der Waals surface area (Å²) in [5.41, 5.74) is 2.57. The van der Waals surface area contributed by atoms with Crippen LogP contribution in [-0.2, 0) is 11.3 Å². The first kappa shape index (κ1) is 12.7. The molecule has 20 heavy (non-hydrogen) atoms. The van der Waals surface area contributed by atoms with Crippen molar-refractivity contribution in [2.24, 2.45) is 0 Å². The number of nitrogens with one attached hydrogen (secondary N) is 2. The van der Waals surface area contributed by atoms with Gasteiger partial charge in [0.2, 0.25) is 11.8 Å². The van der Waals surface area contributed by atoms with Crippen molar-refractivity contribution in [3.63, 3.8) is 0 Å². The molecule has 0 saturated heterocycles. The Morgan fingerprint density at radius 2 is 2.30 bits per heavy atom. The molecule has 0 fully saturated rings. The largest absolute Gasteiger partial charge is 0.444 e. The molecule has 2 heterocycles. The lowest BCUT2D eigenvalue weighted by molar-refractivity contribution is -0.119. The van der Waals surface area contributed by atoms with E-state index >= 15 is 0 Å². The number of aromatic nitrogens is 2. The van der Waals surface area contributed by atoms with Crippen LogP contribution in [0.3, 0.4) is 0 Å². The van der Waals surface area contributed by atoms with Gasteiger partial charge in [-0.25, -0.2) is 4.98 Å². The van der Waals surface area contributed by atoms with Gasteiger partial charge in [-0.05, 0) is 18.2 Å². The van der Waals surface area contributed by atoms with Crippen LogP contribution in [-0.4, -0.2) is 15.9 Å². The number of H-pyrrole nitrogens is 1. The molecule has 0 atom stereocenters. The number of hydrogen-bond acceptors (Lipinski definition) is 3. The van der Waals surface area contributed by atoms with E-state index in [0.29, 0.717) is 17.5 Å². The van der Waals surface area contributed by atoms with Crippen molar-refractivity contribution in [1.29, 1.82) is 0 Å². The number of amides is 1. The molecule has 0 aliphatic carbocycles. The van der Waals surface area contributed by atoms with Crippen molar-refractivity contribution < 1.29 is 9.21 Å². The number of hydrogen-bond donors (Lipinski definition) is 2. The Labute approximate surface area is 120 Å². The molecule has 6 heteroatoms. The number of rotatable bonds is 3. The molecule has 2 aromatic heterocycles. The number of carbonyl (C=O) groups is 1. The third kappa shape index (κ3) is 2.40. The van der Waals surface area contributed by atoms with E-state index in [1.165, 1.54) is 13.2 Å². The van der Waals surface area contributed by atoms with E-state index in [2.05, 4.69) is 15.3 Å². The lowest BCUT2D eigenvalue weighted by Crippen LogP contribution is -2.18. The first-order valence-electron chi connectivity index (χ1n) is 6.09. The molecule has 1 amide bonds. The monoisotopic (exact) mass is 289 g/mol. The van der Waals surface area contributed by atoms with Gasteiger partial charge in [0.1, 0.15) is 6.26 Å². The Hall–Kier alpha value is -2.27. The molecule has 102 valence electrons. The minimum Gasteiger partial charge on any atom is -0.444 e. The number of fused-ring (bicyclic) bond motifs is 1. The zero-order valence-corrected chi connectivity index (χ0v) is 11.5. The van der Waals surface area contributed by atoms with E-state index in [9.17, 15) is 4.79 Å². The van der Waals surface area contributed by atoms with Crippen LogP contribution in [0, 0.1) is 0 Å². The topological polar surface area (TPSA) is 70.9 Å². The Kier molecular flexibility index (Phi) is 3.20. The fraction of sp³-hybridized carbons (Fsp3) is 0.143. The van der Waals surface area contributed by atoms with Crippen molar-refractivity contribution in [1.82, 2.24) is 15.3 Å². The van der Waals surface area contributed by atoms with Crippen molar-refractivity contribution in [2.75, 3.05) is 0 Å². The molecule has 0 unspecified atom stereocenters. The van der Waals surface area contributed by atoms with E-state index in [1.54, 1.807) is 6.20 Å². The Bertz CT molecular complexity index is 762. The number of nitrogens with zero attached hydrogens (tertiary/aromatic N) is 1. The quantitative estimate of drug-likeness (QED) is 0.778. The van der Waals surface area contributed by atoms with Gasteiger partial charge in [-0.3, -0.25) is 4.79 Å². The molecule has 5 nitrogen and oxygen atoms in total. The molecule has 0 bridgehead atoms. The number of carbonyl (C=O) groups excluding carboxylic acids is 1. The zero-order valence-electron chi connectivity index (χ0n) is 10.7. The molecule has 0 aliphatic rings. The van der Waals surface area contributed by atoms with Gasteiger partial charge >= 0.3 is 0 Å². The van der Waals surface area contributed by atoms with Crippen LogP contribution >= 0.6 is 11.6 Å². The fourth-order valence-electron chi connectivity index (χ4n) is 2.05. The molecular weight excluding hydrogens is 278 g/mol. The third-order valence-electron chi connectivity index (χ3n) is 2.95. The number of halogens is 1. The molecule has 0 saturated carbocycles. The normalized spacial score (nSPS) is 10.9. The van der Waals surface area contributed by atoms with Crippen LogP contribution < -0.4 is 5.32 Å². The second-order valence-corrected chi connectivity index (χ2v) is 4.87. The van der Waals surface area contributed by atoms with E-state index in [1.807, 2.05) is 18.2 Å². The fourth-order valence-corrected chi connectivity index (χ4v) is 2.30. The van der Waals surface area contributed by atoms with E-state index < -0.39 is 0 Å². The average Bonchev–Trinajstić information content (AvgIpc) is 3.03. The summed E-state index contributed by atoms with van der Waals surface area (Å²) >= 11 is 6.25. The number of aromatic amines is 1. The second-order valence-electron chi connectivity index (χ2n) is 4.46. The van der Waals surface area contributed by atoms with E-state index in [0.717, 1.165) is 22.2 Å². The molecule has 2 N–H and O–H groups in total. The van der Waals surface area contributed by atoms with Crippen LogP contribution in [0.5, 0.6) is 0 Å². The van der Waals surface area contributed by atoms with Crippen LogP contribution in [0.1, 0.15) is 12.6 Å². The minimum absolute atomic E-state index is 0.0674. The summed E-state index contributed by atoms with van der Waals surface area (Å²) < 4.78 is 5.27. The van der Waals surface area contributed by atoms with Gasteiger partial charge in [0, 0.05) is 23.5 Å². The van der Waals surface area contributed by atoms with Gasteiger partial charge in [-0.1, -0.05) is 11.6 Å². The maximum atomic E-state index is 10.9. The van der Waals surface area contributed by atoms with Gasteiger partial charge in [-0.15, -0.1) is 0 Å². The maximum Gasteiger partial charge on any atom is 0.227 e. The van der Waals surface area contributed by atoms with Crippen LogP contribution in [0.2, 0.25) is 5.02 Å². The highest BCUT2D eigenvalue weighted by Gasteiger charge is 2.11. The first-order valence-corrected chi connectivity index (χ1v) is 6.47. The van der Waals surface area contributed by atoms with Crippen LogP contribution in [0.4, 0.5) is 0 Å². The van der Waals surface area contributed by atoms with Gasteiger partial charge in [0.25, 0.3) is 0 Å². The molecular formula is C14H12ClN3O2. The van der Waals surface area contributed by atoms with Crippen molar-refractivity contribution in [3.8, 4) is 11.5 Å². The van der Waals surface area contributed by atoms with Gasteiger partial charge in [0.15, 0.2) is 0 Å². The Balaban J connectivity index is 2.00. The van der Waals surface area contributed by atoms with Gasteiger partial charge < -0.3 is 14.7 Å². The summed E-state index contributed by atoms with van der Waals surface area (Å²) in [4.78, 5) is 18.3. The van der Waals surface area contributed by atoms with Crippen molar-refractivity contribution in [3.05, 3.63) is 41.4 Å². The lowest BCUT2D eigenvalue weighted by Gasteiger charge is -2.00. The second kappa shape index (κ2) is 5.02. The summed E-state index contributed by atoms with van der Waals surface area (Å²) in [6.07, 6.45) is 3.08. The molecule has 0 aliphatic heterocycles. The summed E-state index contributed by atoms with van der Waals surface area (Å²) in [5.74, 6) is 0.414. The zero-order chi connectivity index (χ0) is 14.1. The van der Waals surface area contributed by atoms with Crippen molar-refractivity contribution in [2.45, 2.75) is 13.5 Å². The highest BCUT2D eigenvalue weighted by Crippen LogP contribution is 2.31. The molecule has 3 rings (SSSR count). The predicted molar refractivity (Wildman–Crippen MR) is 76.3 cm³/mol. The SMILES string of the molecule is CC(=O)NCc1cc2cc(Cl)c(-c3ncco3)cc2[nH]1. The summed E-state index contributed by atoms with van der Waals surface area (Å²) in [7, 11) is 0. The highest BCUT2D eigenvalue weighted by atomic mass is 35.5. The first-order chi connectivity index (χ1) is 9.63. The van der Waals surface area contributed by atoms with Crippen LogP contribution in [0.15, 0.2) is 35.1 Å². The molecule has 1 aromatic carbocycles. The van der Waals surface area contributed by atoms with Crippen molar-refractivity contribution >= 4 is 28.4 Å². The maximum absolute atomic E-state index is 10.9. The molecule has 3 aromatic rings. The smallest absolute Gasteiger partial charge is 0.227 e. The van der Waals surface area contributed by atoms with Crippen LogP contribution in [0.25, 0.3) is 22.4 Å². The summed E-state index contributed by atoms with van der Waals surface area (Å²) in [6.45, 7) is 1.94. The standard InChI is InChI=1S/C14H12ClN3O2/c1-8(19)17-7-10-4-9-5-12(15)11(6-13(9)18-10)14-16-2-3-20-14/h2-6,18H,7H2,1H3,(H,17,19). The lowest BCUT2D eigenvalue weighted by atomic mass is 10.1. The molecule has 0 radical (unpaired) electrons.